The fourth-order valence-corrected chi connectivity index (χ4v) is 2.66. The minimum atomic E-state index is 0.794. The van der Waals surface area contributed by atoms with Gasteiger partial charge in [0.25, 0.3) is 0 Å². The minimum Gasteiger partial charge on any atom is -0.0887 e. The lowest BCUT2D eigenvalue weighted by molar-refractivity contribution is 0.408. The number of rotatable bonds is 12. The second-order valence-electron chi connectivity index (χ2n) is 7.25. The molecule has 0 aromatic rings. The second kappa shape index (κ2) is 12.5. The Morgan fingerprint density at radius 3 is 2.05 bits per heavy atom. The van der Waals surface area contributed by atoms with Gasteiger partial charge in [-0.1, -0.05) is 77.9 Å². The average molecular weight is 280 g/mol. The fraction of sp³-hybridized carbons (Fsp3) is 0.850. The predicted octanol–water partition coefficient (Wildman–Crippen LogP) is 7.21. The summed E-state index contributed by atoms with van der Waals surface area (Å²) in [5.74, 6) is 2.59. The Morgan fingerprint density at radius 1 is 0.900 bits per heavy atom. The van der Waals surface area contributed by atoms with E-state index < -0.39 is 0 Å². The van der Waals surface area contributed by atoms with E-state index in [9.17, 15) is 0 Å². The van der Waals surface area contributed by atoms with Gasteiger partial charge in [-0.3, -0.25) is 0 Å². The Bertz CT molecular complexity index is 236. The molecule has 0 fully saturated rings. The normalized spacial score (nSPS) is 15.7. The predicted molar refractivity (Wildman–Crippen MR) is 93.8 cm³/mol. The molecule has 1 radical (unpaired) electrons. The quantitative estimate of drug-likeness (QED) is 0.331. The van der Waals surface area contributed by atoms with E-state index >= 15 is 0 Å². The minimum absolute atomic E-state index is 0.794. The van der Waals surface area contributed by atoms with Gasteiger partial charge in [-0.2, -0.15) is 0 Å². The molecule has 0 aromatic carbocycles. The van der Waals surface area contributed by atoms with Gasteiger partial charge in [0, 0.05) is 0 Å². The zero-order valence-electron chi connectivity index (χ0n) is 15.0. The summed E-state index contributed by atoms with van der Waals surface area (Å²) in [6, 6.07) is 0. The molecule has 0 N–H and O–H groups in total. The third-order valence-electron chi connectivity index (χ3n) is 4.44. The second-order valence-corrected chi connectivity index (χ2v) is 7.25. The van der Waals surface area contributed by atoms with Gasteiger partial charge >= 0.3 is 0 Å². The van der Waals surface area contributed by atoms with E-state index in [0.717, 1.165) is 17.8 Å². The van der Waals surface area contributed by atoms with Crippen LogP contribution in [0.15, 0.2) is 11.6 Å². The molecular weight excluding hydrogens is 240 g/mol. The van der Waals surface area contributed by atoms with Crippen molar-refractivity contribution in [2.45, 2.75) is 92.9 Å². The van der Waals surface area contributed by atoms with Crippen molar-refractivity contribution in [1.82, 2.24) is 0 Å². The van der Waals surface area contributed by atoms with Crippen molar-refractivity contribution < 1.29 is 0 Å². The van der Waals surface area contributed by atoms with Crippen LogP contribution in [0.3, 0.4) is 0 Å². The van der Waals surface area contributed by atoms with E-state index in [4.69, 9.17) is 0 Å². The number of allylic oxidation sites excluding steroid dienone is 2. The van der Waals surface area contributed by atoms with E-state index in [1.54, 1.807) is 0 Å². The van der Waals surface area contributed by atoms with E-state index in [0.29, 0.717) is 0 Å². The van der Waals surface area contributed by atoms with Gasteiger partial charge < -0.3 is 0 Å². The van der Waals surface area contributed by atoms with Crippen LogP contribution in [0.2, 0.25) is 0 Å². The summed E-state index contributed by atoms with van der Waals surface area (Å²) in [6.07, 6.45) is 15.7. The van der Waals surface area contributed by atoms with Gasteiger partial charge in [-0.05, 0) is 50.9 Å². The lowest BCUT2D eigenvalue weighted by Gasteiger charge is -2.15. The molecule has 0 aliphatic heterocycles. The summed E-state index contributed by atoms with van der Waals surface area (Å²) in [6.45, 7) is 13.9. The van der Waals surface area contributed by atoms with Crippen LogP contribution in [0.25, 0.3) is 0 Å². The topological polar surface area (TPSA) is 0 Å². The van der Waals surface area contributed by atoms with Crippen LogP contribution in [0.5, 0.6) is 0 Å². The zero-order chi connectivity index (χ0) is 15.4. The Kier molecular flexibility index (Phi) is 12.3. The van der Waals surface area contributed by atoms with Gasteiger partial charge in [0.05, 0.1) is 0 Å². The molecule has 0 bridgehead atoms. The summed E-state index contributed by atoms with van der Waals surface area (Å²) >= 11 is 0. The monoisotopic (exact) mass is 279 g/mol. The van der Waals surface area contributed by atoms with Crippen LogP contribution >= 0.6 is 0 Å². The van der Waals surface area contributed by atoms with Crippen molar-refractivity contribution in [3.8, 4) is 0 Å². The van der Waals surface area contributed by atoms with E-state index in [1.165, 1.54) is 56.9 Å². The summed E-state index contributed by atoms with van der Waals surface area (Å²) < 4.78 is 0. The maximum atomic E-state index is 2.52. The molecule has 0 heteroatoms. The molecule has 20 heavy (non-hydrogen) atoms. The largest absolute Gasteiger partial charge is 0.0887 e. The molecule has 0 aliphatic carbocycles. The number of hydrogen-bond donors (Lipinski definition) is 0. The standard InChI is InChI=1S/C20H39/c1-7-18(4)12-9-14-20(6)16-10-15-19(5)13-8-11-17(2)3/h7,14,17,19-20H,8-13,15-16H2,1-6H3/b18-7+/t19-,20+/m1/s1. The molecule has 0 saturated heterocycles. The molecule has 0 nitrogen and oxygen atoms in total. The zero-order valence-corrected chi connectivity index (χ0v) is 15.0. The summed E-state index contributed by atoms with van der Waals surface area (Å²) in [5, 5.41) is 0. The molecule has 119 valence electrons. The summed E-state index contributed by atoms with van der Waals surface area (Å²) in [4.78, 5) is 0. The SMILES string of the molecule is C/C=C(\C)CC[CH][C@H](C)CCC[C@H](C)CCCC(C)C. The van der Waals surface area contributed by atoms with Crippen LogP contribution in [0, 0.1) is 24.2 Å². The van der Waals surface area contributed by atoms with Gasteiger partial charge in [-0.15, -0.1) is 0 Å². The summed E-state index contributed by atoms with van der Waals surface area (Å²) in [7, 11) is 0. The van der Waals surface area contributed by atoms with Crippen molar-refractivity contribution in [2.75, 3.05) is 0 Å². The maximum Gasteiger partial charge on any atom is -0.0320 e. The van der Waals surface area contributed by atoms with E-state index in [2.05, 4.69) is 54.0 Å². The van der Waals surface area contributed by atoms with Crippen molar-refractivity contribution in [3.05, 3.63) is 18.1 Å². The molecule has 0 saturated carbocycles. The van der Waals surface area contributed by atoms with Crippen LogP contribution in [-0.2, 0) is 0 Å². The molecular formula is C20H39. The Morgan fingerprint density at radius 2 is 1.50 bits per heavy atom. The fourth-order valence-electron chi connectivity index (χ4n) is 2.66. The Hall–Kier alpha value is -0.260. The lowest BCUT2D eigenvalue weighted by Crippen LogP contribution is -2.00. The highest BCUT2D eigenvalue weighted by Crippen LogP contribution is 2.21. The van der Waals surface area contributed by atoms with Crippen molar-refractivity contribution >= 4 is 0 Å². The first kappa shape index (κ1) is 19.7. The van der Waals surface area contributed by atoms with E-state index in [-0.39, 0.29) is 0 Å². The number of hydrogen-bond acceptors (Lipinski definition) is 0. The molecule has 0 rings (SSSR count). The lowest BCUT2D eigenvalue weighted by atomic mass is 9.91. The highest BCUT2D eigenvalue weighted by Gasteiger charge is 2.06. The highest BCUT2D eigenvalue weighted by atomic mass is 14.1. The third kappa shape index (κ3) is 12.8. The average Bonchev–Trinajstić information content (AvgIpc) is 2.38. The first-order chi connectivity index (χ1) is 9.45. The summed E-state index contributed by atoms with van der Waals surface area (Å²) in [5.41, 5.74) is 1.52. The van der Waals surface area contributed by atoms with Gasteiger partial charge in [0.2, 0.25) is 0 Å². The first-order valence-electron chi connectivity index (χ1n) is 8.90. The van der Waals surface area contributed by atoms with Crippen molar-refractivity contribution in [3.63, 3.8) is 0 Å². The van der Waals surface area contributed by atoms with Crippen LogP contribution in [0.4, 0.5) is 0 Å². The maximum absolute atomic E-state index is 2.52. The van der Waals surface area contributed by atoms with Crippen molar-refractivity contribution in [1.29, 1.82) is 0 Å². The molecule has 0 amide bonds. The van der Waals surface area contributed by atoms with Gasteiger partial charge in [-0.25, -0.2) is 0 Å². The highest BCUT2D eigenvalue weighted by molar-refractivity contribution is 4.96. The molecule has 0 heterocycles. The van der Waals surface area contributed by atoms with E-state index in [1.807, 2.05) is 0 Å². The Balaban J connectivity index is 3.48. The Labute approximate surface area is 129 Å². The smallest absolute Gasteiger partial charge is 0.0320 e. The molecule has 0 aliphatic rings. The third-order valence-corrected chi connectivity index (χ3v) is 4.44. The van der Waals surface area contributed by atoms with Gasteiger partial charge in [0.15, 0.2) is 0 Å². The molecule has 2 atom stereocenters. The van der Waals surface area contributed by atoms with Crippen LogP contribution in [-0.4, -0.2) is 0 Å². The van der Waals surface area contributed by atoms with Crippen molar-refractivity contribution in [2.24, 2.45) is 17.8 Å². The van der Waals surface area contributed by atoms with Gasteiger partial charge in [0.1, 0.15) is 0 Å². The molecule has 0 spiro atoms. The molecule has 0 aromatic heterocycles. The van der Waals surface area contributed by atoms with Crippen LogP contribution < -0.4 is 0 Å². The van der Waals surface area contributed by atoms with Crippen LogP contribution in [0.1, 0.15) is 92.9 Å². The molecule has 0 unspecified atom stereocenters. The first-order valence-corrected chi connectivity index (χ1v) is 8.90.